The van der Waals surface area contributed by atoms with Crippen LogP contribution in [0.3, 0.4) is 0 Å². The average Bonchev–Trinajstić information content (AvgIpc) is 2.20. The van der Waals surface area contributed by atoms with Crippen molar-refractivity contribution in [3.63, 3.8) is 0 Å². The van der Waals surface area contributed by atoms with Crippen molar-refractivity contribution >= 4 is 28.9 Å². The molecule has 1 aliphatic rings. The van der Waals surface area contributed by atoms with Gasteiger partial charge in [0.05, 0.1) is 5.69 Å². The molecular weight excluding hydrogens is 247 g/mol. The van der Waals surface area contributed by atoms with Gasteiger partial charge in [0, 0.05) is 25.2 Å². The molecule has 1 aromatic rings. The van der Waals surface area contributed by atoms with Crippen molar-refractivity contribution < 1.29 is 0 Å². The minimum atomic E-state index is 0.173. The van der Waals surface area contributed by atoms with Crippen LogP contribution in [0.5, 0.6) is 0 Å². The SMILES string of the molecule is CC1CC(N)CN(c2cc(Cl)nnc2Cl)C1. The molecule has 0 aliphatic carbocycles. The van der Waals surface area contributed by atoms with Gasteiger partial charge in [-0.25, -0.2) is 0 Å². The standard InChI is InChI=1S/C10H14Cl2N4/c1-6-2-7(13)5-16(4-6)8-3-9(11)14-15-10(8)12/h3,6-7H,2,4-5,13H2,1H3. The van der Waals surface area contributed by atoms with Gasteiger partial charge in [0.1, 0.15) is 0 Å². The van der Waals surface area contributed by atoms with Gasteiger partial charge in [-0.05, 0) is 12.3 Å². The second-order valence-corrected chi connectivity index (χ2v) is 5.09. The molecule has 0 radical (unpaired) electrons. The topological polar surface area (TPSA) is 55.0 Å². The van der Waals surface area contributed by atoms with Gasteiger partial charge < -0.3 is 10.6 Å². The first-order valence-corrected chi connectivity index (χ1v) is 6.01. The third-order valence-electron chi connectivity index (χ3n) is 2.73. The van der Waals surface area contributed by atoms with Gasteiger partial charge in [0.2, 0.25) is 0 Å². The van der Waals surface area contributed by atoms with Crippen molar-refractivity contribution in [3.8, 4) is 0 Å². The molecule has 0 aromatic carbocycles. The van der Waals surface area contributed by atoms with E-state index in [4.69, 9.17) is 28.9 Å². The summed E-state index contributed by atoms with van der Waals surface area (Å²) in [5.74, 6) is 0.548. The lowest BCUT2D eigenvalue weighted by Gasteiger charge is -2.36. The summed E-state index contributed by atoms with van der Waals surface area (Å²) in [5.41, 5.74) is 6.81. The van der Waals surface area contributed by atoms with Crippen molar-refractivity contribution in [3.05, 3.63) is 16.4 Å². The second kappa shape index (κ2) is 4.73. The van der Waals surface area contributed by atoms with E-state index in [1.807, 2.05) is 0 Å². The van der Waals surface area contributed by atoms with E-state index >= 15 is 0 Å². The third kappa shape index (κ3) is 2.56. The molecule has 88 valence electrons. The molecule has 1 saturated heterocycles. The zero-order chi connectivity index (χ0) is 11.7. The molecule has 2 N–H and O–H groups in total. The lowest BCUT2D eigenvalue weighted by atomic mass is 9.96. The maximum absolute atomic E-state index is 6.01. The normalized spacial score (nSPS) is 25.9. The maximum atomic E-state index is 6.01. The highest BCUT2D eigenvalue weighted by atomic mass is 35.5. The summed E-state index contributed by atoms with van der Waals surface area (Å²) in [6, 6.07) is 1.91. The Morgan fingerprint density at radius 3 is 2.81 bits per heavy atom. The van der Waals surface area contributed by atoms with Crippen LogP contribution >= 0.6 is 23.2 Å². The van der Waals surface area contributed by atoms with Crippen LogP contribution in [0.4, 0.5) is 5.69 Å². The Labute approximate surface area is 105 Å². The molecule has 4 nitrogen and oxygen atoms in total. The van der Waals surface area contributed by atoms with Crippen LogP contribution in [0.15, 0.2) is 6.07 Å². The summed E-state index contributed by atoms with van der Waals surface area (Å²) in [6.45, 7) is 3.89. The highest BCUT2D eigenvalue weighted by molar-refractivity contribution is 6.33. The number of piperidine rings is 1. The number of halogens is 2. The Morgan fingerprint density at radius 1 is 1.38 bits per heavy atom. The molecule has 1 fully saturated rings. The van der Waals surface area contributed by atoms with Crippen molar-refractivity contribution in [1.29, 1.82) is 0 Å². The Hall–Kier alpha value is -0.580. The van der Waals surface area contributed by atoms with Gasteiger partial charge in [0.25, 0.3) is 0 Å². The highest BCUT2D eigenvalue weighted by Crippen LogP contribution is 2.28. The van der Waals surface area contributed by atoms with Crippen molar-refractivity contribution in [2.75, 3.05) is 18.0 Å². The van der Waals surface area contributed by atoms with E-state index in [9.17, 15) is 0 Å². The molecule has 2 unspecified atom stereocenters. The van der Waals surface area contributed by atoms with E-state index in [0.29, 0.717) is 16.2 Å². The number of hydrogen-bond acceptors (Lipinski definition) is 4. The van der Waals surface area contributed by atoms with Crippen LogP contribution in [0, 0.1) is 5.92 Å². The Kier molecular flexibility index (Phi) is 3.52. The average molecular weight is 261 g/mol. The summed E-state index contributed by atoms with van der Waals surface area (Å²) in [7, 11) is 0. The van der Waals surface area contributed by atoms with Crippen molar-refractivity contribution in [2.24, 2.45) is 11.7 Å². The predicted octanol–water partition coefficient (Wildman–Crippen LogP) is 1.96. The lowest BCUT2D eigenvalue weighted by Crippen LogP contribution is -2.46. The molecule has 0 amide bonds. The van der Waals surface area contributed by atoms with Crippen LogP contribution in [-0.4, -0.2) is 29.3 Å². The maximum Gasteiger partial charge on any atom is 0.175 e. The van der Waals surface area contributed by atoms with Gasteiger partial charge >= 0.3 is 0 Å². The van der Waals surface area contributed by atoms with Gasteiger partial charge in [-0.3, -0.25) is 0 Å². The first-order chi connectivity index (χ1) is 7.56. The second-order valence-electron chi connectivity index (χ2n) is 4.35. The summed E-state index contributed by atoms with van der Waals surface area (Å²) < 4.78 is 0. The molecule has 0 saturated carbocycles. The van der Waals surface area contributed by atoms with Gasteiger partial charge in [-0.15, -0.1) is 10.2 Å². The van der Waals surface area contributed by atoms with E-state index in [1.165, 1.54) is 0 Å². The quantitative estimate of drug-likeness (QED) is 0.839. The number of aromatic nitrogens is 2. The lowest BCUT2D eigenvalue weighted by molar-refractivity contribution is 0.401. The molecule has 1 aliphatic heterocycles. The molecule has 2 atom stereocenters. The van der Waals surface area contributed by atoms with Crippen molar-refractivity contribution in [1.82, 2.24) is 10.2 Å². The van der Waals surface area contributed by atoms with Gasteiger partial charge in [-0.1, -0.05) is 30.1 Å². The van der Waals surface area contributed by atoms with Crippen LogP contribution < -0.4 is 10.6 Å². The van der Waals surface area contributed by atoms with Gasteiger partial charge in [0.15, 0.2) is 10.3 Å². The Balaban J connectivity index is 2.25. The van der Waals surface area contributed by atoms with Gasteiger partial charge in [-0.2, -0.15) is 0 Å². The van der Waals surface area contributed by atoms with Crippen LogP contribution in [0.25, 0.3) is 0 Å². The van der Waals surface area contributed by atoms with Crippen LogP contribution in [0.1, 0.15) is 13.3 Å². The summed E-state index contributed by atoms with van der Waals surface area (Å²) in [4.78, 5) is 2.13. The van der Waals surface area contributed by atoms with E-state index in [1.54, 1.807) is 6.07 Å². The monoisotopic (exact) mass is 260 g/mol. The highest BCUT2D eigenvalue weighted by Gasteiger charge is 2.24. The fourth-order valence-electron chi connectivity index (χ4n) is 2.16. The summed E-state index contributed by atoms with van der Waals surface area (Å²) in [5, 5.41) is 8.24. The molecule has 2 rings (SSSR count). The Morgan fingerprint density at radius 2 is 2.12 bits per heavy atom. The zero-order valence-electron chi connectivity index (χ0n) is 9.03. The molecule has 0 bridgehead atoms. The molecular formula is C10H14Cl2N4. The number of rotatable bonds is 1. The largest absolute Gasteiger partial charge is 0.367 e. The smallest absolute Gasteiger partial charge is 0.175 e. The van der Waals surface area contributed by atoms with E-state index in [0.717, 1.165) is 25.2 Å². The van der Waals surface area contributed by atoms with E-state index in [2.05, 4.69) is 22.0 Å². The molecule has 0 spiro atoms. The number of anilines is 1. The minimum absolute atomic E-state index is 0.173. The van der Waals surface area contributed by atoms with E-state index < -0.39 is 0 Å². The van der Waals surface area contributed by atoms with Crippen molar-refractivity contribution in [2.45, 2.75) is 19.4 Å². The number of hydrogen-bond donors (Lipinski definition) is 1. The predicted molar refractivity (Wildman–Crippen MR) is 66.0 cm³/mol. The minimum Gasteiger partial charge on any atom is -0.367 e. The molecule has 16 heavy (non-hydrogen) atoms. The molecule has 2 heterocycles. The first-order valence-electron chi connectivity index (χ1n) is 5.25. The van der Waals surface area contributed by atoms with Crippen LogP contribution in [-0.2, 0) is 0 Å². The molecule has 6 heteroatoms. The fourth-order valence-corrected chi connectivity index (χ4v) is 2.52. The summed E-state index contributed by atoms with van der Waals surface area (Å²) >= 11 is 11.8. The number of nitrogens with two attached hydrogens (primary N) is 1. The molecule has 1 aromatic heterocycles. The first kappa shape index (κ1) is 11.9. The zero-order valence-corrected chi connectivity index (χ0v) is 10.5. The van der Waals surface area contributed by atoms with Crippen LogP contribution in [0.2, 0.25) is 10.3 Å². The summed E-state index contributed by atoms with van der Waals surface area (Å²) in [6.07, 6.45) is 1.04. The fraction of sp³-hybridized carbons (Fsp3) is 0.600. The van der Waals surface area contributed by atoms with E-state index in [-0.39, 0.29) is 6.04 Å². The number of nitrogens with zero attached hydrogens (tertiary/aromatic N) is 3. The third-order valence-corrected chi connectivity index (χ3v) is 3.19. The Bertz CT molecular complexity index is 375.